The molecule has 1 heterocycles. The maximum atomic E-state index is 11.4. The molecule has 4 N–H and O–H groups in total. The Labute approximate surface area is 87.1 Å². The molecule has 4 atom stereocenters. The van der Waals surface area contributed by atoms with E-state index in [4.69, 9.17) is 5.11 Å². The van der Waals surface area contributed by atoms with Gasteiger partial charge in [0.05, 0.1) is 6.61 Å². The molecule has 0 radical (unpaired) electrons. The van der Waals surface area contributed by atoms with Crippen LogP contribution in [0.5, 0.6) is 0 Å². The summed E-state index contributed by atoms with van der Waals surface area (Å²) in [6, 6.07) is 0. The molecule has 1 rings (SSSR count). The summed E-state index contributed by atoms with van der Waals surface area (Å²) in [6.45, 7) is 2.46. The van der Waals surface area contributed by atoms with Crippen molar-refractivity contribution in [1.29, 1.82) is 0 Å². The van der Waals surface area contributed by atoms with Gasteiger partial charge >= 0.3 is 5.97 Å². The van der Waals surface area contributed by atoms with Crippen LogP contribution in [0.25, 0.3) is 0 Å². The molecule has 0 aliphatic carbocycles. The molecular formula is C9H16O6. The molecule has 0 saturated carbocycles. The lowest BCUT2D eigenvalue weighted by molar-refractivity contribution is -0.162. The number of ether oxygens (including phenoxy) is 1. The van der Waals surface area contributed by atoms with Crippen LogP contribution in [0.1, 0.15) is 13.8 Å². The molecule has 0 bridgehead atoms. The molecule has 0 amide bonds. The molecule has 1 saturated heterocycles. The molecule has 0 spiro atoms. The van der Waals surface area contributed by atoms with Gasteiger partial charge in [0.15, 0.2) is 11.7 Å². The minimum absolute atomic E-state index is 0.545. The average Bonchev–Trinajstić information content (AvgIpc) is 2.42. The monoisotopic (exact) mass is 220 g/mol. The Kier molecular flexibility index (Phi) is 3.34. The zero-order valence-corrected chi connectivity index (χ0v) is 8.62. The maximum absolute atomic E-state index is 11.4. The van der Waals surface area contributed by atoms with Crippen LogP contribution in [0.2, 0.25) is 0 Å². The molecule has 1 aliphatic rings. The first-order chi connectivity index (χ1) is 6.85. The number of carbonyl (C=O) groups excluding carboxylic acids is 1. The highest BCUT2D eigenvalue weighted by Gasteiger charge is 2.59. The van der Waals surface area contributed by atoms with Crippen molar-refractivity contribution < 1.29 is 30.0 Å². The second kappa shape index (κ2) is 4.05. The number of rotatable bonds is 3. The van der Waals surface area contributed by atoms with Gasteiger partial charge in [-0.05, 0) is 5.92 Å². The fraction of sp³-hybridized carbons (Fsp3) is 0.889. The van der Waals surface area contributed by atoms with Gasteiger partial charge in [-0.1, -0.05) is 13.8 Å². The number of cyclic esters (lactones) is 1. The molecule has 6 heteroatoms. The number of hydrogen-bond acceptors (Lipinski definition) is 6. The minimum atomic E-state index is -2.01. The Balaban J connectivity index is 2.92. The van der Waals surface area contributed by atoms with Crippen LogP contribution in [0, 0.1) is 5.92 Å². The quantitative estimate of drug-likeness (QED) is 0.410. The molecule has 15 heavy (non-hydrogen) atoms. The second-order valence-corrected chi connectivity index (χ2v) is 4.04. The van der Waals surface area contributed by atoms with Crippen molar-refractivity contribution in [3.05, 3.63) is 0 Å². The van der Waals surface area contributed by atoms with E-state index in [1.807, 2.05) is 0 Å². The van der Waals surface area contributed by atoms with Gasteiger partial charge < -0.3 is 25.2 Å². The van der Waals surface area contributed by atoms with E-state index < -0.39 is 42.4 Å². The third-order valence-corrected chi connectivity index (χ3v) is 2.78. The summed E-state index contributed by atoms with van der Waals surface area (Å²) in [4.78, 5) is 11.4. The van der Waals surface area contributed by atoms with Gasteiger partial charge in [0.1, 0.15) is 12.2 Å². The third-order valence-electron chi connectivity index (χ3n) is 2.78. The van der Waals surface area contributed by atoms with Gasteiger partial charge in [0, 0.05) is 0 Å². The first kappa shape index (κ1) is 12.4. The number of esters is 1. The molecule has 0 aromatic rings. The van der Waals surface area contributed by atoms with Crippen molar-refractivity contribution in [2.45, 2.75) is 37.8 Å². The molecule has 1 fully saturated rings. The predicted octanol–water partition coefficient (Wildman–Crippen LogP) is -1.99. The molecule has 6 nitrogen and oxygen atoms in total. The lowest BCUT2D eigenvalue weighted by Crippen LogP contribution is -2.52. The highest BCUT2D eigenvalue weighted by molar-refractivity contribution is 5.83. The summed E-state index contributed by atoms with van der Waals surface area (Å²) in [6.07, 6.45) is -4.21. The van der Waals surface area contributed by atoms with Crippen molar-refractivity contribution in [3.8, 4) is 0 Å². The van der Waals surface area contributed by atoms with Crippen molar-refractivity contribution in [2.75, 3.05) is 6.61 Å². The molecular weight excluding hydrogens is 204 g/mol. The molecule has 0 aromatic heterocycles. The van der Waals surface area contributed by atoms with E-state index in [1.54, 1.807) is 13.8 Å². The zero-order chi connectivity index (χ0) is 11.8. The summed E-state index contributed by atoms with van der Waals surface area (Å²) in [5, 5.41) is 37.5. The maximum Gasteiger partial charge on any atom is 0.341 e. The Morgan fingerprint density at radius 1 is 1.53 bits per heavy atom. The van der Waals surface area contributed by atoms with Crippen molar-refractivity contribution in [3.63, 3.8) is 0 Å². The standard InChI is InChI=1S/C9H16O6/c1-4(2)9(14)7(12)6(5(11)3-10)15-8(9)13/h4-7,10-12,14H,3H2,1-2H3/t5-,6-,7+,9-/m1/s1. The highest BCUT2D eigenvalue weighted by Crippen LogP contribution is 2.33. The van der Waals surface area contributed by atoms with Gasteiger partial charge in [0.2, 0.25) is 0 Å². The Bertz CT molecular complexity index is 253. The zero-order valence-electron chi connectivity index (χ0n) is 8.62. The summed E-state index contributed by atoms with van der Waals surface area (Å²) in [5.41, 5.74) is -2.01. The average molecular weight is 220 g/mol. The van der Waals surface area contributed by atoms with Gasteiger partial charge in [0.25, 0.3) is 0 Å². The number of aliphatic hydroxyl groups is 4. The minimum Gasteiger partial charge on any atom is -0.454 e. The van der Waals surface area contributed by atoms with Crippen LogP contribution in [0.4, 0.5) is 0 Å². The molecule has 0 unspecified atom stereocenters. The lowest BCUT2D eigenvalue weighted by Gasteiger charge is -2.27. The van der Waals surface area contributed by atoms with Crippen LogP contribution >= 0.6 is 0 Å². The van der Waals surface area contributed by atoms with E-state index >= 15 is 0 Å². The molecule has 88 valence electrons. The van der Waals surface area contributed by atoms with E-state index in [1.165, 1.54) is 0 Å². The summed E-state index contributed by atoms with van der Waals surface area (Å²) in [7, 11) is 0. The van der Waals surface area contributed by atoms with Crippen molar-refractivity contribution in [1.82, 2.24) is 0 Å². The normalized spacial score (nSPS) is 38.2. The van der Waals surface area contributed by atoms with Crippen molar-refractivity contribution in [2.24, 2.45) is 5.92 Å². The van der Waals surface area contributed by atoms with Crippen LogP contribution < -0.4 is 0 Å². The van der Waals surface area contributed by atoms with E-state index in [0.29, 0.717) is 0 Å². The Morgan fingerprint density at radius 3 is 2.40 bits per heavy atom. The van der Waals surface area contributed by atoms with Crippen molar-refractivity contribution >= 4 is 5.97 Å². The summed E-state index contributed by atoms with van der Waals surface area (Å²) >= 11 is 0. The fourth-order valence-electron chi connectivity index (χ4n) is 1.62. The lowest BCUT2D eigenvalue weighted by atomic mass is 9.84. The molecule has 1 aliphatic heterocycles. The van der Waals surface area contributed by atoms with Crippen LogP contribution in [-0.2, 0) is 9.53 Å². The fourth-order valence-corrected chi connectivity index (χ4v) is 1.62. The van der Waals surface area contributed by atoms with E-state index in [-0.39, 0.29) is 0 Å². The third kappa shape index (κ3) is 1.74. The van der Waals surface area contributed by atoms with E-state index in [9.17, 15) is 20.1 Å². The van der Waals surface area contributed by atoms with Gasteiger partial charge in [-0.3, -0.25) is 0 Å². The van der Waals surface area contributed by atoms with E-state index in [0.717, 1.165) is 0 Å². The Morgan fingerprint density at radius 2 is 2.07 bits per heavy atom. The van der Waals surface area contributed by atoms with Gasteiger partial charge in [-0.15, -0.1) is 0 Å². The topological polar surface area (TPSA) is 107 Å². The number of aliphatic hydroxyl groups excluding tert-OH is 3. The van der Waals surface area contributed by atoms with Crippen LogP contribution in [0.15, 0.2) is 0 Å². The first-order valence-corrected chi connectivity index (χ1v) is 4.76. The predicted molar refractivity (Wildman–Crippen MR) is 48.8 cm³/mol. The number of carbonyl (C=O) groups is 1. The van der Waals surface area contributed by atoms with Crippen LogP contribution in [0.3, 0.4) is 0 Å². The Hall–Kier alpha value is -0.690. The van der Waals surface area contributed by atoms with Gasteiger partial charge in [-0.25, -0.2) is 4.79 Å². The highest BCUT2D eigenvalue weighted by atomic mass is 16.6. The largest absolute Gasteiger partial charge is 0.454 e. The smallest absolute Gasteiger partial charge is 0.341 e. The number of hydrogen-bond donors (Lipinski definition) is 4. The second-order valence-electron chi connectivity index (χ2n) is 4.04. The summed E-state index contributed by atoms with van der Waals surface area (Å²) in [5.74, 6) is -1.52. The summed E-state index contributed by atoms with van der Waals surface area (Å²) < 4.78 is 4.65. The van der Waals surface area contributed by atoms with Crippen LogP contribution in [-0.4, -0.2) is 56.9 Å². The molecule has 0 aromatic carbocycles. The SMILES string of the molecule is CC(C)[C@]1(O)C(=O)O[C@H]([C@H](O)CO)[C@@H]1O. The van der Waals surface area contributed by atoms with Gasteiger partial charge in [-0.2, -0.15) is 0 Å². The first-order valence-electron chi connectivity index (χ1n) is 4.76. The van der Waals surface area contributed by atoms with E-state index in [2.05, 4.69) is 4.74 Å².